The standard InChI is InChI=1S/C13H14N2S/c1-3-8-15-12(9-14-13(15)16)11-6-4-10(2)5-7-11/h3-7,9H,1,8H2,2H3,(H,14,16). The van der Waals surface area contributed by atoms with Gasteiger partial charge < -0.3 is 9.55 Å². The Morgan fingerprint density at radius 3 is 2.69 bits per heavy atom. The zero-order valence-electron chi connectivity index (χ0n) is 9.23. The number of nitrogens with zero attached hydrogens (tertiary/aromatic N) is 1. The third-order valence-corrected chi connectivity index (χ3v) is 2.87. The topological polar surface area (TPSA) is 20.7 Å². The third kappa shape index (κ3) is 1.99. The Labute approximate surface area is 100 Å². The molecular weight excluding hydrogens is 216 g/mol. The minimum Gasteiger partial charge on any atom is -0.337 e. The molecule has 1 N–H and O–H groups in total. The third-order valence-electron chi connectivity index (χ3n) is 2.53. The van der Waals surface area contributed by atoms with Gasteiger partial charge in [0.1, 0.15) is 0 Å². The highest BCUT2D eigenvalue weighted by Gasteiger charge is 2.04. The van der Waals surface area contributed by atoms with Crippen molar-refractivity contribution in [2.24, 2.45) is 0 Å². The molecular formula is C13H14N2S. The summed E-state index contributed by atoms with van der Waals surface area (Å²) in [6.07, 6.45) is 3.79. The number of nitrogens with one attached hydrogen (secondary N) is 1. The van der Waals surface area contributed by atoms with Crippen molar-refractivity contribution in [3.05, 3.63) is 53.5 Å². The molecule has 0 atom stereocenters. The number of hydrogen-bond donors (Lipinski definition) is 1. The van der Waals surface area contributed by atoms with E-state index in [0.29, 0.717) is 0 Å². The number of aromatic amines is 1. The minimum absolute atomic E-state index is 0.728. The van der Waals surface area contributed by atoms with Gasteiger partial charge in [-0.25, -0.2) is 0 Å². The molecule has 0 aliphatic rings. The SMILES string of the molecule is C=CCn1c(-c2ccc(C)cc2)c[nH]c1=S. The Morgan fingerprint density at radius 1 is 1.38 bits per heavy atom. The molecule has 2 nitrogen and oxygen atoms in total. The van der Waals surface area contributed by atoms with Gasteiger partial charge in [-0.15, -0.1) is 6.58 Å². The molecule has 82 valence electrons. The van der Waals surface area contributed by atoms with Gasteiger partial charge in [-0.3, -0.25) is 0 Å². The van der Waals surface area contributed by atoms with E-state index in [1.807, 2.05) is 16.8 Å². The Bertz CT molecular complexity index is 546. The van der Waals surface area contributed by atoms with E-state index >= 15 is 0 Å². The smallest absolute Gasteiger partial charge is 0.177 e. The fraction of sp³-hybridized carbons (Fsp3) is 0.154. The van der Waals surface area contributed by atoms with Crippen molar-refractivity contribution in [2.45, 2.75) is 13.5 Å². The van der Waals surface area contributed by atoms with Crippen LogP contribution in [0.5, 0.6) is 0 Å². The van der Waals surface area contributed by atoms with Crippen LogP contribution < -0.4 is 0 Å². The van der Waals surface area contributed by atoms with Crippen LogP contribution in [0.2, 0.25) is 0 Å². The van der Waals surface area contributed by atoms with Crippen molar-refractivity contribution < 1.29 is 0 Å². The highest BCUT2D eigenvalue weighted by atomic mass is 32.1. The Balaban J connectivity index is 2.51. The summed E-state index contributed by atoms with van der Waals surface area (Å²) in [6.45, 7) is 6.55. The predicted molar refractivity (Wildman–Crippen MR) is 70.0 cm³/mol. The molecule has 0 aliphatic heterocycles. The largest absolute Gasteiger partial charge is 0.337 e. The van der Waals surface area contributed by atoms with Crippen molar-refractivity contribution >= 4 is 12.2 Å². The number of allylic oxidation sites excluding steroid dienone is 1. The van der Waals surface area contributed by atoms with Gasteiger partial charge in [0.25, 0.3) is 0 Å². The Kier molecular flexibility index (Phi) is 3.06. The van der Waals surface area contributed by atoms with Crippen molar-refractivity contribution in [3.63, 3.8) is 0 Å². The first-order valence-electron chi connectivity index (χ1n) is 5.18. The lowest BCUT2D eigenvalue weighted by Gasteiger charge is -2.05. The van der Waals surface area contributed by atoms with E-state index in [2.05, 4.69) is 42.8 Å². The first-order valence-corrected chi connectivity index (χ1v) is 5.59. The van der Waals surface area contributed by atoms with Crippen LogP contribution in [0.3, 0.4) is 0 Å². The Morgan fingerprint density at radius 2 is 2.06 bits per heavy atom. The van der Waals surface area contributed by atoms with Crippen LogP contribution in [0, 0.1) is 11.7 Å². The van der Waals surface area contributed by atoms with Crippen LogP contribution in [0.4, 0.5) is 0 Å². The summed E-state index contributed by atoms with van der Waals surface area (Å²) in [7, 11) is 0. The second-order valence-electron chi connectivity index (χ2n) is 3.74. The lowest BCUT2D eigenvalue weighted by Crippen LogP contribution is -1.97. The molecule has 0 bridgehead atoms. The molecule has 2 rings (SSSR count). The average molecular weight is 230 g/mol. The predicted octanol–water partition coefficient (Wildman–Crippen LogP) is 3.71. The minimum atomic E-state index is 0.728. The molecule has 0 fully saturated rings. The van der Waals surface area contributed by atoms with Gasteiger partial charge in [0.2, 0.25) is 0 Å². The molecule has 3 heteroatoms. The number of aryl methyl sites for hydroxylation is 1. The van der Waals surface area contributed by atoms with Crippen LogP contribution in [0.1, 0.15) is 5.56 Å². The molecule has 0 spiro atoms. The van der Waals surface area contributed by atoms with Crippen LogP contribution >= 0.6 is 12.2 Å². The number of benzene rings is 1. The lowest BCUT2D eigenvalue weighted by molar-refractivity contribution is 0.815. The molecule has 1 aromatic heterocycles. The van der Waals surface area contributed by atoms with Gasteiger partial charge >= 0.3 is 0 Å². The average Bonchev–Trinajstić information content (AvgIpc) is 2.63. The first-order chi connectivity index (χ1) is 7.72. The number of H-pyrrole nitrogens is 1. The number of aromatic nitrogens is 2. The molecule has 0 unspecified atom stereocenters. The van der Waals surface area contributed by atoms with E-state index in [1.165, 1.54) is 11.1 Å². The fourth-order valence-corrected chi connectivity index (χ4v) is 1.90. The van der Waals surface area contributed by atoms with Gasteiger partial charge in [-0.1, -0.05) is 35.9 Å². The highest BCUT2D eigenvalue weighted by Crippen LogP contribution is 2.20. The normalized spacial score (nSPS) is 10.3. The van der Waals surface area contributed by atoms with E-state index in [9.17, 15) is 0 Å². The molecule has 1 heterocycles. The van der Waals surface area contributed by atoms with E-state index < -0.39 is 0 Å². The summed E-state index contributed by atoms with van der Waals surface area (Å²) >= 11 is 5.22. The molecule has 0 saturated carbocycles. The summed E-state index contributed by atoms with van der Waals surface area (Å²) in [5, 5.41) is 0. The molecule has 0 radical (unpaired) electrons. The van der Waals surface area contributed by atoms with Crippen molar-refractivity contribution in [1.29, 1.82) is 0 Å². The lowest BCUT2D eigenvalue weighted by atomic mass is 10.1. The zero-order valence-corrected chi connectivity index (χ0v) is 10.1. The maximum absolute atomic E-state index is 5.22. The highest BCUT2D eigenvalue weighted by molar-refractivity contribution is 7.71. The van der Waals surface area contributed by atoms with Gasteiger partial charge in [-0.05, 0) is 24.7 Å². The van der Waals surface area contributed by atoms with E-state index in [1.54, 1.807) is 0 Å². The number of imidazole rings is 1. The molecule has 0 amide bonds. The Hall–Kier alpha value is -1.61. The van der Waals surface area contributed by atoms with Gasteiger partial charge in [0.05, 0.1) is 5.69 Å². The van der Waals surface area contributed by atoms with Gasteiger partial charge in [0, 0.05) is 12.7 Å². The number of rotatable bonds is 3. The second-order valence-corrected chi connectivity index (χ2v) is 4.13. The summed E-state index contributed by atoms with van der Waals surface area (Å²) in [4.78, 5) is 3.07. The molecule has 16 heavy (non-hydrogen) atoms. The fourth-order valence-electron chi connectivity index (χ4n) is 1.67. The molecule has 0 saturated heterocycles. The maximum Gasteiger partial charge on any atom is 0.177 e. The first kappa shape index (κ1) is 10.9. The van der Waals surface area contributed by atoms with E-state index in [4.69, 9.17) is 12.2 Å². The van der Waals surface area contributed by atoms with Gasteiger partial charge in [0.15, 0.2) is 4.77 Å². The number of hydrogen-bond acceptors (Lipinski definition) is 1. The second kappa shape index (κ2) is 4.49. The van der Waals surface area contributed by atoms with Crippen molar-refractivity contribution in [2.75, 3.05) is 0 Å². The quantitative estimate of drug-likeness (QED) is 0.629. The van der Waals surface area contributed by atoms with Gasteiger partial charge in [-0.2, -0.15) is 0 Å². The van der Waals surface area contributed by atoms with Crippen LogP contribution in [-0.2, 0) is 6.54 Å². The van der Waals surface area contributed by atoms with E-state index in [-0.39, 0.29) is 0 Å². The molecule has 2 aromatic rings. The molecule has 1 aromatic carbocycles. The summed E-state index contributed by atoms with van der Waals surface area (Å²) < 4.78 is 2.77. The summed E-state index contributed by atoms with van der Waals surface area (Å²) in [6, 6.07) is 8.41. The van der Waals surface area contributed by atoms with Crippen molar-refractivity contribution in [3.8, 4) is 11.3 Å². The monoisotopic (exact) mass is 230 g/mol. The van der Waals surface area contributed by atoms with Crippen LogP contribution in [-0.4, -0.2) is 9.55 Å². The maximum atomic E-state index is 5.22. The van der Waals surface area contributed by atoms with Crippen LogP contribution in [0.15, 0.2) is 43.1 Å². The zero-order chi connectivity index (χ0) is 11.5. The summed E-state index contributed by atoms with van der Waals surface area (Å²) in [5.41, 5.74) is 3.53. The summed E-state index contributed by atoms with van der Waals surface area (Å²) in [5.74, 6) is 0. The molecule has 0 aliphatic carbocycles. The van der Waals surface area contributed by atoms with E-state index in [0.717, 1.165) is 17.0 Å². The van der Waals surface area contributed by atoms with Crippen LogP contribution in [0.25, 0.3) is 11.3 Å². The van der Waals surface area contributed by atoms with Crippen molar-refractivity contribution in [1.82, 2.24) is 9.55 Å².